The third-order valence-corrected chi connectivity index (χ3v) is 2.71. The van der Waals surface area contributed by atoms with Crippen LogP contribution in [-0.2, 0) is 10.3 Å². The van der Waals surface area contributed by atoms with E-state index in [1.165, 1.54) is 4.90 Å². The first-order valence-corrected chi connectivity index (χ1v) is 6.52. The van der Waals surface area contributed by atoms with Crippen LogP contribution in [0.3, 0.4) is 0 Å². The largest absolute Gasteiger partial charge is 0.443 e. The predicted molar refractivity (Wildman–Crippen MR) is 76.9 cm³/mol. The van der Waals surface area contributed by atoms with Crippen LogP contribution in [0, 0.1) is 0 Å². The van der Waals surface area contributed by atoms with E-state index in [0.29, 0.717) is 10.8 Å². The number of carbonyl (C=O) groups is 1. The molecule has 0 N–H and O–H groups in total. The first-order valence-electron chi connectivity index (χ1n) is 6.14. The van der Waals surface area contributed by atoms with Crippen LogP contribution in [0.15, 0.2) is 6.20 Å². The molecular weight excluding hydrogens is 266 g/mol. The summed E-state index contributed by atoms with van der Waals surface area (Å²) in [5.41, 5.74) is -0.257. The lowest BCUT2D eigenvalue weighted by Gasteiger charge is -2.25. The Labute approximate surface area is 119 Å². The number of nitrogens with zero attached hydrogens (tertiary/aromatic N) is 3. The number of anilines is 1. The lowest BCUT2D eigenvalue weighted by molar-refractivity contribution is 0.0589. The van der Waals surface area contributed by atoms with Gasteiger partial charge in [-0.05, 0) is 41.5 Å². The number of ether oxygens (including phenoxy) is 1. The molecule has 0 atom stereocenters. The average molecular weight is 288 g/mol. The number of halogens is 1. The summed E-state index contributed by atoms with van der Waals surface area (Å²) in [6, 6.07) is 0. The summed E-state index contributed by atoms with van der Waals surface area (Å²) in [7, 11) is 1.62. The molecule has 19 heavy (non-hydrogen) atoms. The fourth-order valence-corrected chi connectivity index (χ4v) is 1.92. The normalized spacial score (nSPS) is 12.4. The molecule has 1 heterocycles. The molecule has 0 radical (unpaired) electrons. The Morgan fingerprint density at radius 3 is 2.21 bits per heavy atom. The van der Waals surface area contributed by atoms with Gasteiger partial charge in [-0.25, -0.2) is 9.48 Å². The third-order valence-electron chi connectivity index (χ3n) is 2.36. The maximum absolute atomic E-state index is 12.0. The van der Waals surface area contributed by atoms with Crippen molar-refractivity contribution < 1.29 is 9.53 Å². The van der Waals surface area contributed by atoms with Crippen molar-refractivity contribution in [2.45, 2.75) is 52.7 Å². The Kier molecular flexibility index (Phi) is 4.20. The first-order chi connectivity index (χ1) is 8.43. The van der Waals surface area contributed by atoms with Crippen LogP contribution in [0.1, 0.15) is 41.5 Å². The number of aromatic nitrogens is 2. The molecule has 0 saturated carbocycles. The van der Waals surface area contributed by atoms with Crippen LogP contribution in [0.25, 0.3) is 0 Å². The highest BCUT2D eigenvalue weighted by Gasteiger charge is 2.26. The van der Waals surface area contributed by atoms with E-state index in [2.05, 4.69) is 5.10 Å². The minimum absolute atomic E-state index is 0.246. The second-order valence-corrected chi connectivity index (χ2v) is 6.80. The van der Waals surface area contributed by atoms with Crippen molar-refractivity contribution in [1.29, 1.82) is 0 Å². The molecule has 0 aliphatic heterocycles. The van der Waals surface area contributed by atoms with Crippen molar-refractivity contribution in [3.05, 3.63) is 11.3 Å². The van der Waals surface area contributed by atoms with Crippen molar-refractivity contribution in [3.8, 4) is 0 Å². The summed E-state index contributed by atoms with van der Waals surface area (Å²) in [5, 5.41) is 4.64. The summed E-state index contributed by atoms with van der Waals surface area (Å²) in [5.74, 6) is 0. The van der Waals surface area contributed by atoms with Gasteiger partial charge in [0.15, 0.2) is 5.15 Å². The van der Waals surface area contributed by atoms with E-state index in [1.807, 2.05) is 41.5 Å². The van der Waals surface area contributed by atoms with Gasteiger partial charge in [0, 0.05) is 7.05 Å². The maximum Gasteiger partial charge on any atom is 0.414 e. The molecule has 108 valence electrons. The second-order valence-electron chi connectivity index (χ2n) is 6.44. The Morgan fingerprint density at radius 2 is 1.84 bits per heavy atom. The van der Waals surface area contributed by atoms with Crippen LogP contribution in [0.2, 0.25) is 5.15 Å². The molecule has 0 aromatic carbocycles. The van der Waals surface area contributed by atoms with E-state index in [0.717, 1.165) is 0 Å². The minimum Gasteiger partial charge on any atom is -0.443 e. The molecule has 5 nitrogen and oxygen atoms in total. The molecule has 0 aliphatic carbocycles. The Hall–Kier alpha value is -1.23. The number of carbonyl (C=O) groups excluding carboxylic acids is 1. The number of hydrogen-bond donors (Lipinski definition) is 0. The van der Waals surface area contributed by atoms with Gasteiger partial charge in [-0.15, -0.1) is 0 Å². The van der Waals surface area contributed by atoms with Gasteiger partial charge in [0.1, 0.15) is 11.3 Å². The van der Waals surface area contributed by atoms with Gasteiger partial charge >= 0.3 is 6.09 Å². The van der Waals surface area contributed by atoms with Crippen LogP contribution < -0.4 is 4.90 Å². The van der Waals surface area contributed by atoms with Gasteiger partial charge < -0.3 is 4.74 Å². The Morgan fingerprint density at radius 1 is 1.32 bits per heavy atom. The Balaban J connectivity index is 2.99. The van der Waals surface area contributed by atoms with Crippen molar-refractivity contribution in [2.24, 2.45) is 0 Å². The molecule has 0 fully saturated rings. The summed E-state index contributed by atoms with van der Waals surface area (Å²) < 4.78 is 6.97. The van der Waals surface area contributed by atoms with Crippen LogP contribution in [0.4, 0.5) is 10.5 Å². The molecule has 1 aromatic heterocycles. The van der Waals surface area contributed by atoms with Crippen molar-refractivity contribution >= 4 is 23.4 Å². The highest BCUT2D eigenvalue weighted by Crippen LogP contribution is 2.30. The number of rotatable bonds is 1. The standard InChI is InChI=1S/C13H22ClN3O2/c1-12(2,3)17-10(14)9(8-15-17)16(7)11(18)19-13(4,5)6/h8H,1-7H3. The minimum atomic E-state index is -0.544. The molecule has 0 aliphatic rings. The van der Waals surface area contributed by atoms with E-state index in [-0.39, 0.29) is 5.54 Å². The molecule has 6 heteroatoms. The van der Waals surface area contributed by atoms with Gasteiger partial charge in [0.25, 0.3) is 0 Å². The SMILES string of the molecule is CN(C(=O)OC(C)(C)C)c1cnn(C(C)(C)C)c1Cl. The summed E-state index contributed by atoms with van der Waals surface area (Å²) in [6.45, 7) is 11.4. The van der Waals surface area contributed by atoms with Gasteiger partial charge in [0.2, 0.25) is 0 Å². The fraction of sp³-hybridized carbons (Fsp3) is 0.692. The van der Waals surface area contributed by atoms with E-state index in [9.17, 15) is 4.79 Å². The molecular formula is C13H22ClN3O2. The molecule has 0 unspecified atom stereocenters. The Bertz CT molecular complexity index is 469. The van der Waals surface area contributed by atoms with E-state index in [1.54, 1.807) is 17.9 Å². The van der Waals surface area contributed by atoms with Gasteiger partial charge in [-0.2, -0.15) is 5.10 Å². The zero-order chi connectivity index (χ0) is 15.0. The smallest absolute Gasteiger partial charge is 0.414 e. The van der Waals surface area contributed by atoms with Gasteiger partial charge in [0.05, 0.1) is 11.7 Å². The molecule has 0 saturated heterocycles. The highest BCUT2D eigenvalue weighted by molar-refractivity contribution is 6.32. The average Bonchev–Trinajstić information content (AvgIpc) is 2.55. The van der Waals surface area contributed by atoms with Crippen molar-refractivity contribution in [2.75, 3.05) is 11.9 Å². The zero-order valence-corrected chi connectivity index (χ0v) is 13.4. The highest BCUT2D eigenvalue weighted by atomic mass is 35.5. The maximum atomic E-state index is 12.0. The quantitative estimate of drug-likeness (QED) is 0.792. The summed E-state index contributed by atoms with van der Waals surface area (Å²) >= 11 is 6.27. The van der Waals surface area contributed by atoms with E-state index >= 15 is 0 Å². The monoisotopic (exact) mass is 287 g/mol. The van der Waals surface area contributed by atoms with E-state index < -0.39 is 11.7 Å². The lowest BCUT2D eigenvalue weighted by Crippen LogP contribution is -2.34. The second kappa shape index (κ2) is 5.04. The van der Waals surface area contributed by atoms with Crippen molar-refractivity contribution in [1.82, 2.24) is 9.78 Å². The molecule has 0 spiro atoms. The van der Waals surface area contributed by atoms with Crippen LogP contribution in [0.5, 0.6) is 0 Å². The first kappa shape index (κ1) is 15.8. The lowest BCUT2D eigenvalue weighted by atomic mass is 10.1. The molecule has 1 rings (SSSR count). The van der Waals surface area contributed by atoms with Crippen LogP contribution in [-0.4, -0.2) is 28.5 Å². The molecule has 0 bridgehead atoms. The molecule has 1 aromatic rings. The molecule has 1 amide bonds. The third kappa shape index (κ3) is 3.86. The van der Waals surface area contributed by atoms with Gasteiger partial charge in [-0.3, -0.25) is 4.90 Å². The summed E-state index contributed by atoms with van der Waals surface area (Å²) in [4.78, 5) is 13.3. The zero-order valence-electron chi connectivity index (χ0n) is 12.6. The van der Waals surface area contributed by atoms with Crippen LogP contribution >= 0.6 is 11.6 Å². The number of amides is 1. The van der Waals surface area contributed by atoms with Crippen molar-refractivity contribution in [3.63, 3.8) is 0 Å². The summed E-state index contributed by atoms with van der Waals surface area (Å²) in [6.07, 6.45) is 1.11. The number of hydrogen-bond acceptors (Lipinski definition) is 3. The topological polar surface area (TPSA) is 47.4 Å². The van der Waals surface area contributed by atoms with Gasteiger partial charge in [-0.1, -0.05) is 11.6 Å². The van der Waals surface area contributed by atoms with E-state index in [4.69, 9.17) is 16.3 Å². The predicted octanol–water partition coefficient (Wildman–Crippen LogP) is 3.66. The fourth-order valence-electron chi connectivity index (χ4n) is 1.45.